The molecule has 54 valence electrons. The highest BCUT2D eigenvalue weighted by Crippen LogP contribution is 2.05. The van der Waals surface area contributed by atoms with Crippen LogP contribution in [0, 0.1) is 0 Å². The van der Waals surface area contributed by atoms with E-state index in [0.29, 0.717) is 6.42 Å². The Morgan fingerprint density at radius 2 is 2.40 bits per heavy atom. The molecule has 1 aliphatic heterocycles. The third kappa shape index (κ3) is 1.23. The molecular formula is C7H9NO2. The monoisotopic (exact) mass is 139 g/mol. The molecule has 1 fully saturated rings. The molecule has 0 radical (unpaired) electrons. The van der Waals surface area contributed by atoms with Crippen molar-refractivity contribution in [3.63, 3.8) is 0 Å². The summed E-state index contributed by atoms with van der Waals surface area (Å²) in [6.45, 7) is 3.48. The van der Waals surface area contributed by atoms with Gasteiger partial charge in [-0.2, -0.15) is 0 Å². The highest BCUT2D eigenvalue weighted by Gasteiger charge is 2.28. The number of Topliss-reactive ketones (excluding diaryl/α,β-unsaturated/α-hetero) is 1. The van der Waals surface area contributed by atoms with Crippen LogP contribution in [-0.2, 0) is 9.59 Å². The predicted molar refractivity (Wildman–Crippen MR) is 36.4 cm³/mol. The Labute approximate surface area is 59.1 Å². The number of carbonyl (C=O) groups excluding carboxylic acids is 2. The molecule has 1 N–H and O–H groups in total. The lowest BCUT2D eigenvalue weighted by Gasteiger charge is -2.02. The zero-order valence-corrected chi connectivity index (χ0v) is 5.59. The van der Waals surface area contributed by atoms with E-state index in [2.05, 4.69) is 11.9 Å². The number of nitrogens with one attached hydrogen (secondary N) is 1. The molecule has 0 saturated carbocycles. The van der Waals surface area contributed by atoms with Crippen molar-refractivity contribution in [1.82, 2.24) is 5.32 Å². The maximum absolute atomic E-state index is 10.8. The van der Waals surface area contributed by atoms with Crippen molar-refractivity contribution >= 4 is 11.7 Å². The number of rotatable bonds is 2. The van der Waals surface area contributed by atoms with Crippen LogP contribution in [0.5, 0.6) is 0 Å². The van der Waals surface area contributed by atoms with Crippen LogP contribution >= 0.6 is 0 Å². The molecular weight excluding hydrogens is 130 g/mol. The van der Waals surface area contributed by atoms with Gasteiger partial charge in [0.15, 0.2) is 5.78 Å². The molecule has 1 amide bonds. The van der Waals surface area contributed by atoms with Crippen LogP contribution in [-0.4, -0.2) is 17.7 Å². The number of ketones is 1. The second kappa shape index (κ2) is 2.64. The van der Waals surface area contributed by atoms with Crippen LogP contribution < -0.4 is 5.32 Å². The number of carbonyl (C=O) groups is 2. The number of amides is 1. The van der Waals surface area contributed by atoms with E-state index in [9.17, 15) is 9.59 Å². The van der Waals surface area contributed by atoms with E-state index >= 15 is 0 Å². The van der Waals surface area contributed by atoms with E-state index < -0.39 is 0 Å². The first-order chi connectivity index (χ1) is 4.74. The minimum absolute atomic E-state index is 0.0232. The van der Waals surface area contributed by atoms with Gasteiger partial charge in [0.2, 0.25) is 5.91 Å². The third-order valence-corrected chi connectivity index (χ3v) is 1.46. The lowest BCUT2D eigenvalue weighted by molar-refractivity contribution is -0.122. The first-order valence-electron chi connectivity index (χ1n) is 3.17. The Balaban J connectivity index is 2.54. The minimum atomic E-state index is -0.301. The summed E-state index contributed by atoms with van der Waals surface area (Å²) in [4.78, 5) is 21.4. The van der Waals surface area contributed by atoms with Gasteiger partial charge < -0.3 is 5.32 Å². The van der Waals surface area contributed by atoms with Crippen molar-refractivity contribution in [3.05, 3.63) is 12.7 Å². The molecule has 1 unspecified atom stereocenters. The fraction of sp³-hybridized carbons (Fsp3) is 0.429. The molecule has 0 spiro atoms. The van der Waals surface area contributed by atoms with Crippen molar-refractivity contribution in [2.24, 2.45) is 0 Å². The number of hydrogen-bond donors (Lipinski definition) is 1. The lowest BCUT2D eigenvalue weighted by Crippen LogP contribution is -2.28. The molecule has 1 saturated heterocycles. The molecule has 1 atom stereocenters. The van der Waals surface area contributed by atoms with Crippen LogP contribution in [0.3, 0.4) is 0 Å². The molecule has 0 aromatic rings. The third-order valence-electron chi connectivity index (χ3n) is 1.46. The van der Waals surface area contributed by atoms with Crippen molar-refractivity contribution in [3.8, 4) is 0 Å². The van der Waals surface area contributed by atoms with Crippen LogP contribution in [0.1, 0.15) is 12.8 Å². The minimum Gasteiger partial charge on any atom is -0.346 e. The first-order valence-corrected chi connectivity index (χ1v) is 3.17. The van der Waals surface area contributed by atoms with Gasteiger partial charge in [-0.3, -0.25) is 9.59 Å². The van der Waals surface area contributed by atoms with Gasteiger partial charge in [-0.05, 0) is 6.42 Å². The Bertz CT molecular complexity index is 186. The van der Waals surface area contributed by atoms with E-state index in [0.717, 1.165) is 0 Å². The summed E-state index contributed by atoms with van der Waals surface area (Å²) < 4.78 is 0. The normalized spacial score (nSPS) is 24.6. The van der Waals surface area contributed by atoms with Gasteiger partial charge in [0, 0.05) is 0 Å². The smallest absolute Gasteiger partial charge is 0.228 e. The van der Waals surface area contributed by atoms with Crippen molar-refractivity contribution in [2.75, 3.05) is 0 Å². The maximum Gasteiger partial charge on any atom is 0.228 e. The lowest BCUT2D eigenvalue weighted by atomic mass is 10.1. The Morgan fingerprint density at radius 3 is 2.80 bits per heavy atom. The van der Waals surface area contributed by atoms with E-state index in [-0.39, 0.29) is 24.2 Å². The fourth-order valence-corrected chi connectivity index (χ4v) is 0.964. The Kier molecular flexibility index (Phi) is 1.85. The molecule has 1 rings (SSSR count). The molecule has 0 aromatic carbocycles. The van der Waals surface area contributed by atoms with Gasteiger partial charge in [-0.1, -0.05) is 6.08 Å². The molecule has 3 heteroatoms. The van der Waals surface area contributed by atoms with Crippen molar-refractivity contribution in [1.29, 1.82) is 0 Å². The molecule has 0 bridgehead atoms. The van der Waals surface area contributed by atoms with E-state index in [1.165, 1.54) is 0 Å². The van der Waals surface area contributed by atoms with Gasteiger partial charge in [-0.25, -0.2) is 0 Å². The van der Waals surface area contributed by atoms with Gasteiger partial charge in [0.25, 0.3) is 0 Å². The molecule has 10 heavy (non-hydrogen) atoms. The molecule has 0 aliphatic carbocycles. The largest absolute Gasteiger partial charge is 0.346 e. The maximum atomic E-state index is 10.8. The molecule has 1 heterocycles. The zero-order valence-electron chi connectivity index (χ0n) is 5.59. The van der Waals surface area contributed by atoms with Gasteiger partial charge in [0.1, 0.15) is 0 Å². The second-order valence-electron chi connectivity index (χ2n) is 2.29. The predicted octanol–water partition coefficient (Wildman–Crippen LogP) is 0.0201. The molecule has 3 nitrogen and oxygen atoms in total. The highest BCUT2D eigenvalue weighted by atomic mass is 16.2. The van der Waals surface area contributed by atoms with E-state index in [1.54, 1.807) is 6.08 Å². The topological polar surface area (TPSA) is 46.2 Å². The van der Waals surface area contributed by atoms with Gasteiger partial charge in [-0.15, -0.1) is 6.58 Å². The Morgan fingerprint density at radius 1 is 1.70 bits per heavy atom. The highest BCUT2D eigenvalue weighted by molar-refractivity contribution is 6.07. The quantitative estimate of drug-likeness (QED) is 0.433. The average Bonchev–Trinajstić information content (AvgIpc) is 2.13. The Hall–Kier alpha value is -1.12. The summed E-state index contributed by atoms with van der Waals surface area (Å²) in [6, 6.07) is -0.301. The van der Waals surface area contributed by atoms with E-state index in [1.807, 2.05) is 0 Å². The van der Waals surface area contributed by atoms with E-state index in [4.69, 9.17) is 0 Å². The summed E-state index contributed by atoms with van der Waals surface area (Å²) in [6.07, 6.45) is 2.22. The van der Waals surface area contributed by atoms with Gasteiger partial charge in [0.05, 0.1) is 12.5 Å². The fourth-order valence-electron chi connectivity index (χ4n) is 0.964. The van der Waals surface area contributed by atoms with Crippen molar-refractivity contribution in [2.45, 2.75) is 18.9 Å². The summed E-state index contributed by atoms with van der Waals surface area (Å²) in [7, 11) is 0. The number of hydrogen-bond acceptors (Lipinski definition) is 2. The molecule has 1 aliphatic rings. The van der Waals surface area contributed by atoms with Crippen LogP contribution in [0.25, 0.3) is 0 Å². The zero-order chi connectivity index (χ0) is 7.56. The summed E-state index contributed by atoms with van der Waals surface area (Å²) in [5, 5.41) is 2.54. The van der Waals surface area contributed by atoms with Crippen LogP contribution in [0.15, 0.2) is 12.7 Å². The average molecular weight is 139 g/mol. The van der Waals surface area contributed by atoms with Crippen LogP contribution in [0.4, 0.5) is 0 Å². The van der Waals surface area contributed by atoms with Gasteiger partial charge >= 0.3 is 0 Å². The van der Waals surface area contributed by atoms with Crippen LogP contribution in [0.2, 0.25) is 0 Å². The summed E-state index contributed by atoms with van der Waals surface area (Å²) in [5.74, 6) is -0.193. The standard InChI is InChI=1S/C7H9NO2/c1-2-3-5-6(9)4-7(10)8-5/h2,5H,1,3-4H2,(H,8,10). The summed E-state index contributed by atoms with van der Waals surface area (Å²) in [5.41, 5.74) is 0. The first kappa shape index (κ1) is 6.99. The summed E-state index contributed by atoms with van der Waals surface area (Å²) >= 11 is 0. The SMILES string of the molecule is C=CCC1NC(=O)CC1=O. The second-order valence-corrected chi connectivity index (χ2v) is 2.29. The molecule has 0 aromatic heterocycles. The van der Waals surface area contributed by atoms with Crippen molar-refractivity contribution < 1.29 is 9.59 Å².